The maximum atomic E-state index is 14.2. The molecule has 2 atom stereocenters. The Hall–Kier alpha value is -1.54. The molecule has 2 aliphatic rings. The van der Waals surface area contributed by atoms with Crippen molar-refractivity contribution >= 4 is 0 Å². The average molecular weight is 491 g/mol. The lowest BCUT2D eigenvalue weighted by atomic mass is 9.76. The fourth-order valence-electron chi connectivity index (χ4n) is 5.05. The lowest BCUT2D eigenvalue weighted by Gasteiger charge is -2.38. The molecule has 0 amide bonds. The highest BCUT2D eigenvalue weighted by atomic mass is 19.3. The maximum absolute atomic E-state index is 14.2. The second-order valence-corrected chi connectivity index (χ2v) is 9.52. The van der Waals surface area contributed by atoms with Gasteiger partial charge in [0.2, 0.25) is 11.6 Å². The molecule has 194 valence electrons. The van der Waals surface area contributed by atoms with Gasteiger partial charge in [0.1, 0.15) is 0 Å². The quantitative estimate of drug-likeness (QED) is 0.228. The number of ether oxygens (including phenoxy) is 4. The molecule has 34 heavy (non-hydrogen) atoms. The molecule has 2 fully saturated rings. The molecule has 0 bridgehead atoms. The fraction of sp³-hybridized carbons (Fsp3) is 0.769. The van der Waals surface area contributed by atoms with Gasteiger partial charge in [-0.05, 0) is 56.6 Å². The van der Waals surface area contributed by atoms with Crippen LogP contribution in [0.4, 0.5) is 17.6 Å². The Balaban J connectivity index is 1.39. The fourth-order valence-corrected chi connectivity index (χ4v) is 5.05. The van der Waals surface area contributed by atoms with Gasteiger partial charge in [-0.25, -0.2) is 0 Å². The summed E-state index contributed by atoms with van der Waals surface area (Å²) in [5, 5.41) is 0. The lowest BCUT2D eigenvalue weighted by Crippen LogP contribution is -2.40. The summed E-state index contributed by atoms with van der Waals surface area (Å²) in [6, 6.07) is 1.98. The minimum Gasteiger partial charge on any atom is -0.491 e. The zero-order chi connectivity index (χ0) is 24.6. The van der Waals surface area contributed by atoms with Crippen LogP contribution in [0.1, 0.15) is 78.1 Å². The first-order chi connectivity index (χ1) is 16.3. The normalized spacial score (nSPS) is 25.8. The van der Waals surface area contributed by atoms with Gasteiger partial charge in [0, 0.05) is 0 Å². The van der Waals surface area contributed by atoms with E-state index in [2.05, 4.69) is 11.7 Å². The van der Waals surface area contributed by atoms with Crippen molar-refractivity contribution in [2.24, 2.45) is 11.8 Å². The van der Waals surface area contributed by atoms with E-state index in [1.165, 1.54) is 51.4 Å². The van der Waals surface area contributed by atoms with E-state index in [4.69, 9.17) is 14.2 Å². The molecular weight excluding hydrogens is 452 g/mol. The Labute approximate surface area is 200 Å². The third-order valence-corrected chi connectivity index (χ3v) is 6.96. The topological polar surface area (TPSA) is 36.9 Å². The first kappa shape index (κ1) is 27.1. The molecule has 2 unspecified atom stereocenters. The van der Waals surface area contributed by atoms with Crippen molar-refractivity contribution in [3.8, 4) is 11.5 Å². The summed E-state index contributed by atoms with van der Waals surface area (Å²) >= 11 is 0. The predicted molar refractivity (Wildman–Crippen MR) is 121 cm³/mol. The Morgan fingerprint density at radius 1 is 0.941 bits per heavy atom. The van der Waals surface area contributed by atoms with Crippen LogP contribution in [0, 0.1) is 23.5 Å². The first-order valence-electron chi connectivity index (χ1n) is 12.7. The van der Waals surface area contributed by atoms with Crippen LogP contribution in [0.3, 0.4) is 0 Å². The minimum atomic E-state index is -3.81. The lowest BCUT2D eigenvalue weighted by molar-refractivity contribution is -0.231. The van der Waals surface area contributed by atoms with Crippen molar-refractivity contribution in [2.75, 3.05) is 19.8 Å². The smallest absolute Gasteiger partial charge is 0.422 e. The van der Waals surface area contributed by atoms with Crippen molar-refractivity contribution in [3.05, 3.63) is 23.8 Å². The van der Waals surface area contributed by atoms with Crippen LogP contribution in [-0.2, 0) is 9.47 Å². The maximum Gasteiger partial charge on any atom is 0.422 e. The zero-order valence-electron chi connectivity index (χ0n) is 20.3. The molecule has 1 aromatic rings. The average Bonchev–Trinajstić information content (AvgIpc) is 2.84. The second-order valence-electron chi connectivity index (χ2n) is 9.52. The van der Waals surface area contributed by atoms with Gasteiger partial charge in [-0.1, -0.05) is 45.4 Å². The van der Waals surface area contributed by atoms with Crippen LogP contribution < -0.4 is 9.47 Å². The summed E-state index contributed by atoms with van der Waals surface area (Å²) in [5.74, 6) is -2.76. The first-order valence-corrected chi connectivity index (χ1v) is 12.7. The summed E-state index contributed by atoms with van der Waals surface area (Å²) in [6.07, 6.45) is 7.33. The molecular formula is C26H38F4O4. The van der Waals surface area contributed by atoms with Crippen molar-refractivity contribution < 1.29 is 36.5 Å². The Morgan fingerprint density at radius 3 is 2.29 bits per heavy atom. The summed E-state index contributed by atoms with van der Waals surface area (Å²) in [5.41, 5.74) is 0. The van der Waals surface area contributed by atoms with E-state index >= 15 is 0 Å². The van der Waals surface area contributed by atoms with Gasteiger partial charge in [-0.3, -0.25) is 0 Å². The molecule has 0 aromatic heterocycles. The van der Waals surface area contributed by atoms with Crippen molar-refractivity contribution in [1.82, 2.24) is 0 Å². The summed E-state index contributed by atoms with van der Waals surface area (Å²) < 4.78 is 77.1. The molecule has 8 heteroatoms. The van der Waals surface area contributed by atoms with Crippen LogP contribution >= 0.6 is 0 Å². The number of alkyl halides is 2. The van der Waals surface area contributed by atoms with Gasteiger partial charge in [0.25, 0.3) is 0 Å². The molecule has 1 aliphatic carbocycles. The Kier molecular flexibility index (Phi) is 10.3. The van der Waals surface area contributed by atoms with Gasteiger partial charge >= 0.3 is 6.11 Å². The largest absolute Gasteiger partial charge is 0.491 e. The van der Waals surface area contributed by atoms with E-state index in [0.717, 1.165) is 24.5 Å². The molecule has 0 spiro atoms. The van der Waals surface area contributed by atoms with Crippen molar-refractivity contribution in [2.45, 2.75) is 96.4 Å². The molecule has 1 aromatic carbocycles. The summed E-state index contributed by atoms with van der Waals surface area (Å²) in [6.45, 7) is 3.13. The van der Waals surface area contributed by atoms with Crippen molar-refractivity contribution in [1.29, 1.82) is 0 Å². The van der Waals surface area contributed by atoms with E-state index in [1.54, 1.807) is 6.92 Å². The third-order valence-electron chi connectivity index (χ3n) is 6.96. The molecule has 0 N–H and O–H groups in total. The van der Waals surface area contributed by atoms with Gasteiger partial charge in [0.05, 0.1) is 25.4 Å². The highest BCUT2D eigenvalue weighted by Crippen LogP contribution is 2.37. The van der Waals surface area contributed by atoms with E-state index in [-0.39, 0.29) is 25.1 Å². The number of rotatable bonds is 12. The van der Waals surface area contributed by atoms with E-state index in [9.17, 15) is 17.6 Å². The van der Waals surface area contributed by atoms with Gasteiger partial charge in [-0.15, -0.1) is 0 Å². The predicted octanol–water partition coefficient (Wildman–Crippen LogP) is 7.29. The molecule has 1 heterocycles. The van der Waals surface area contributed by atoms with E-state index < -0.39 is 36.2 Å². The number of halogens is 4. The third kappa shape index (κ3) is 7.74. The number of hydrogen-bond donors (Lipinski definition) is 0. The van der Waals surface area contributed by atoms with E-state index in [0.29, 0.717) is 12.3 Å². The summed E-state index contributed by atoms with van der Waals surface area (Å²) in [7, 11) is 0. The van der Waals surface area contributed by atoms with Crippen LogP contribution in [-0.4, -0.2) is 38.1 Å². The van der Waals surface area contributed by atoms with Crippen molar-refractivity contribution in [3.63, 3.8) is 0 Å². The molecule has 3 rings (SSSR count). The number of benzene rings is 1. The van der Waals surface area contributed by atoms with Gasteiger partial charge < -0.3 is 18.9 Å². The van der Waals surface area contributed by atoms with Gasteiger partial charge in [0.15, 0.2) is 18.1 Å². The zero-order valence-corrected chi connectivity index (χ0v) is 20.3. The molecule has 0 radical (unpaired) electrons. The molecule has 1 saturated carbocycles. The number of hydrogen-bond acceptors (Lipinski definition) is 4. The van der Waals surface area contributed by atoms with Gasteiger partial charge in [-0.2, -0.15) is 17.6 Å². The van der Waals surface area contributed by atoms with Crippen LogP contribution in [0.2, 0.25) is 0 Å². The highest BCUT2D eigenvalue weighted by molar-refractivity contribution is 5.35. The minimum absolute atomic E-state index is 0.116. The van der Waals surface area contributed by atoms with E-state index in [1.807, 2.05) is 0 Å². The van der Waals surface area contributed by atoms with Crippen LogP contribution in [0.5, 0.6) is 11.5 Å². The molecule has 4 nitrogen and oxygen atoms in total. The van der Waals surface area contributed by atoms with Crippen LogP contribution in [0.15, 0.2) is 12.1 Å². The number of unbranched alkanes of at least 4 members (excludes halogenated alkanes) is 2. The molecule has 1 saturated heterocycles. The Bertz CT molecular complexity index is 745. The highest BCUT2D eigenvalue weighted by Gasteiger charge is 2.37. The molecule has 1 aliphatic heterocycles. The monoisotopic (exact) mass is 490 g/mol. The van der Waals surface area contributed by atoms with Crippen LogP contribution in [0.25, 0.3) is 0 Å². The summed E-state index contributed by atoms with van der Waals surface area (Å²) in [4.78, 5) is 0. The second kappa shape index (κ2) is 13.0. The Morgan fingerprint density at radius 2 is 1.65 bits per heavy atom. The standard InChI is InChI=1S/C26H38F4O4/c1-3-5-6-7-18-8-10-19(11-9-18)21-13-12-20(16-32-21)33-17-26(29,30)34-23-15-14-22(31-4-2)24(27)25(23)28/h14-15,18-21H,3-13,16-17H2,1-2H3. The SMILES string of the molecule is CCCCCC1CCC(C2CCC(OCC(F)(F)Oc3ccc(OCC)c(F)c3F)CO2)CC1.